The highest BCUT2D eigenvalue weighted by Gasteiger charge is 2.35. The smallest absolute Gasteiger partial charge is 0.160 e. The maximum Gasteiger partial charge on any atom is 0.160 e. The highest BCUT2D eigenvalue weighted by molar-refractivity contribution is 5.89. The summed E-state index contributed by atoms with van der Waals surface area (Å²) in [5.41, 5.74) is 5.42. The van der Waals surface area contributed by atoms with Crippen molar-refractivity contribution in [2.45, 2.75) is 38.3 Å². The molecule has 1 aromatic heterocycles. The van der Waals surface area contributed by atoms with Gasteiger partial charge in [0.1, 0.15) is 5.82 Å². The Hall–Kier alpha value is -1.20. The molecule has 94 valence electrons. The summed E-state index contributed by atoms with van der Waals surface area (Å²) in [5, 5.41) is 0. The second kappa shape index (κ2) is 4.98. The van der Waals surface area contributed by atoms with E-state index in [-0.39, 0.29) is 5.78 Å². The number of Topliss-reactive ketones (excluding diaryl/α,β-unsaturated/α-hetero) is 1. The lowest BCUT2D eigenvalue weighted by Crippen LogP contribution is -2.52. The molecule has 2 heterocycles. The standard InChI is InChI=1S/C12H19N3O2/c1-2-15-6-5-14-11(15)9-10(16)12(13)3-7-17-8-4-12/h5-6H,2-4,7-9,13H2,1H3. The molecule has 0 bridgehead atoms. The van der Waals surface area contributed by atoms with Crippen LogP contribution in [0.2, 0.25) is 0 Å². The Bertz CT molecular complexity index is 394. The van der Waals surface area contributed by atoms with Gasteiger partial charge >= 0.3 is 0 Å². The number of rotatable bonds is 4. The fraction of sp³-hybridized carbons (Fsp3) is 0.667. The SMILES string of the molecule is CCn1ccnc1CC(=O)C1(N)CCOCC1. The van der Waals surface area contributed by atoms with E-state index < -0.39 is 5.54 Å². The van der Waals surface area contributed by atoms with Crippen molar-refractivity contribution in [3.8, 4) is 0 Å². The molecule has 5 heteroatoms. The molecule has 0 amide bonds. The molecule has 2 N–H and O–H groups in total. The van der Waals surface area contributed by atoms with Crippen molar-refractivity contribution in [2.75, 3.05) is 13.2 Å². The van der Waals surface area contributed by atoms with E-state index in [1.807, 2.05) is 17.7 Å². The number of imidazole rings is 1. The molecule has 1 aromatic rings. The zero-order valence-electron chi connectivity index (χ0n) is 10.2. The minimum atomic E-state index is -0.719. The summed E-state index contributed by atoms with van der Waals surface area (Å²) >= 11 is 0. The molecule has 0 aliphatic carbocycles. The third-order valence-corrected chi connectivity index (χ3v) is 3.40. The molecule has 5 nitrogen and oxygen atoms in total. The van der Waals surface area contributed by atoms with Gasteiger partial charge < -0.3 is 15.0 Å². The van der Waals surface area contributed by atoms with Gasteiger partial charge in [0.25, 0.3) is 0 Å². The number of carbonyl (C=O) groups is 1. The average Bonchev–Trinajstić information content (AvgIpc) is 2.77. The largest absolute Gasteiger partial charge is 0.381 e. The lowest BCUT2D eigenvalue weighted by atomic mass is 9.85. The predicted octanol–water partition coefficient (Wildman–Crippen LogP) is 0.522. The van der Waals surface area contributed by atoms with E-state index in [9.17, 15) is 4.79 Å². The average molecular weight is 237 g/mol. The number of nitrogens with two attached hydrogens (primary N) is 1. The lowest BCUT2D eigenvalue weighted by molar-refractivity contribution is -0.127. The second-order valence-electron chi connectivity index (χ2n) is 4.50. The molecule has 0 radical (unpaired) electrons. The van der Waals surface area contributed by atoms with Gasteiger partial charge in [-0.3, -0.25) is 4.79 Å². The first kappa shape index (κ1) is 12.3. The monoisotopic (exact) mass is 237 g/mol. The number of ether oxygens (including phenoxy) is 1. The molecule has 0 saturated carbocycles. The van der Waals surface area contributed by atoms with Gasteiger partial charge in [0.15, 0.2) is 5.78 Å². The summed E-state index contributed by atoms with van der Waals surface area (Å²) in [7, 11) is 0. The first-order valence-electron chi connectivity index (χ1n) is 6.05. The zero-order valence-corrected chi connectivity index (χ0v) is 10.2. The Balaban J connectivity index is 2.05. The Morgan fingerprint density at radius 1 is 1.59 bits per heavy atom. The minimum Gasteiger partial charge on any atom is -0.381 e. The Kier molecular flexibility index (Phi) is 3.59. The van der Waals surface area contributed by atoms with Crippen molar-refractivity contribution in [3.05, 3.63) is 18.2 Å². The van der Waals surface area contributed by atoms with Gasteiger partial charge in [-0.15, -0.1) is 0 Å². The molecule has 0 spiro atoms. The van der Waals surface area contributed by atoms with Crippen LogP contribution in [0.5, 0.6) is 0 Å². The van der Waals surface area contributed by atoms with Crippen LogP contribution in [0.1, 0.15) is 25.6 Å². The van der Waals surface area contributed by atoms with Gasteiger partial charge in [-0.2, -0.15) is 0 Å². The van der Waals surface area contributed by atoms with Crippen molar-refractivity contribution >= 4 is 5.78 Å². The Morgan fingerprint density at radius 2 is 2.29 bits per heavy atom. The van der Waals surface area contributed by atoms with Crippen LogP contribution in [0.15, 0.2) is 12.4 Å². The van der Waals surface area contributed by atoms with E-state index in [4.69, 9.17) is 10.5 Å². The van der Waals surface area contributed by atoms with Crippen molar-refractivity contribution in [1.82, 2.24) is 9.55 Å². The molecule has 0 unspecified atom stereocenters. The predicted molar refractivity (Wildman–Crippen MR) is 63.6 cm³/mol. The molecular weight excluding hydrogens is 218 g/mol. The summed E-state index contributed by atoms with van der Waals surface area (Å²) < 4.78 is 7.21. The van der Waals surface area contributed by atoms with E-state index in [0.29, 0.717) is 32.5 Å². The Morgan fingerprint density at radius 3 is 2.94 bits per heavy atom. The zero-order chi connectivity index (χ0) is 12.3. The van der Waals surface area contributed by atoms with Crippen LogP contribution in [-0.4, -0.2) is 34.1 Å². The summed E-state index contributed by atoms with van der Waals surface area (Å²) in [6.45, 7) is 4.00. The number of hydrogen-bond donors (Lipinski definition) is 1. The first-order valence-corrected chi connectivity index (χ1v) is 6.05. The number of aromatic nitrogens is 2. The van der Waals surface area contributed by atoms with Crippen LogP contribution in [0.3, 0.4) is 0 Å². The first-order chi connectivity index (χ1) is 8.15. The normalized spacial score (nSPS) is 19.2. The molecule has 2 rings (SSSR count). The number of aryl methyl sites for hydroxylation is 1. The molecule has 1 fully saturated rings. The van der Waals surface area contributed by atoms with Crippen LogP contribution < -0.4 is 5.73 Å². The molecule has 1 saturated heterocycles. The molecular formula is C12H19N3O2. The van der Waals surface area contributed by atoms with E-state index in [1.54, 1.807) is 6.20 Å². The molecule has 0 atom stereocenters. The highest BCUT2D eigenvalue weighted by atomic mass is 16.5. The van der Waals surface area contributed by atoms with Gasteiger partial charge in [0.05, 0.1) is 12.0 Å². The van der Waals surface area contributed by atoms with Gasteiger partial charge in [-0.05, 0) is 19.8 Å². The molecule has 1 aliphatic heterocycles. The maximum absolute atomic E-state index is 12.2. The van der Waals surface area contributed by atoms with E-state index >= 15 is 0 Å². The van der Waals surface area contributed by atoms with Gasteiger partial charge in [0.2, 0.25) is 0 Å². The van der Waals surface area contributed by atoms with Crippen LogP contribution >= 0.6 is 0 Å². The lowest BCUT2D eigenvalue weighted by Gasteiger charge is -2.31. The van der Waals surface area contributed by atoms with Crippen LogP contribution in [0.25, 0.3) is 0 Å². The summed E-state index contributed by atoms with van der Waals surface area (Å²) in [6, 6.07) is 0. The van der Waals surface area contributed by atoms with Crippen LogP contribution in [0, 0.1) is 0 Å². The molecule has 1 aliphatic rings. The van der Waals surface area contributed by atoms with Crippen molar-refractivity contribution in [3.63, 3.8) is 0 Å². The number of nitrogens with zero attached hydrogens (tertiary/aromatic N) is 2. The summed E-state index contributed by atoms with van der Waals surface area (Å²) in [5.74, 6) is 0.871. The molecule has 0 aromatic carbocycles. The van der Waals surface area contributed by atoms with Crippen LogP contribution in [-0.2, 0) is 22.5 Å². The third-order valence-electron chi connectivity index (χ3n) is 3.40. The number of carbonyl (C=O) groups excluding carboxylic acids is 1. The van der Waals surface area contributed by atoms with E-state index in [0.717, 1.165) is 12.4 Å². The minimum absolute atomic E-state index is 0.0710. The second-order valence-corrected chi connectivity index (χ2v) is 4.50. The highest BCUT2D eigenvalue weighted by Crippen LogP contribution is 2.20. The van der Waals surface area contributed by atoms with Crippen molar-refractivity contribution in [2.24, 2.45) is 5.73 Å². The van der Waals surface area contributed by atoms with Gasteiger partial charge in [0, 0.05) is 32.2 Å². The van der Waals surface area contributed by atoms with Crippen molar-refractivity contribution in [1.29, 1.82) is 0 Å². The fourth-order valence-electron chi connectivity index (χ4n) is 2.13. The van der Waals surface area contributed by atoms with Crippen molar-refractivity contribution < 1.29 is 9.53 Å². The molecule has 17 heavy (non-hydrogen) atoms. The third kappa shape index (κ3) is 2.56. The maximum atomic E-state index is 12.2. The summed E-state index contributed by atoms with van der Waals surface area (Å²) in [6.07, 6.45) is 5.14. The number of ketones is 1. The quantitative estimate of drug-likeness (QED) is 0.829. The topological polar surface area (TPSA) is 70.1 Å². The van der Waals surface area contributed by atoms with Crippen LogP contribution in [0.4, 0.5) is 0 Å². The van der Waals surface area contributed by atoms with E-state index in [1.165, 1.54) is 0 Å². The van der Waals surface area contributed by atoms with E-state index in [2.05, 4.69) is 4.98 Å². The Labute approximate surface area is 101 Å². The van der Waals surface area contributed by atoms with Gasteiger partial charge in [-0.1, -0.05) is 0 Å². The summed E-state index contributed by atoms with van der Waals surface area (Å²) in [4.78, 5) is 16.4. The number of hydrogen-bond acceptors (Lipinski definition) is 4. The van der Waals surface area contributed by atoms with Gasteiger partial charge in [-0.25, -0.2) is 4.98 Å². The fourth-order valence-corrected chi connectivity index (χ4v) is 2.13.